The smallest absolute Gasteiger partial charge is 0.336 e. The van der Waals surface area contributed by atoms with Crippen molar-refractivity contribution < 1.29 is 49.0 Å². The number of aliphatic carboxylic acids is 3. The van der Waals surface area contributed by atoms with E-state index in [0.717, 1.165) is 50.6 Å². The summed E-state index contributed by atoms with van der Waals surface area (Å²) in [5.41, 5.74) is 0.963. The number of hydrogen-bond donors (Lipinski definition) is 4. The van der Waals surface area contributed by atoms with Crippen molar-refractivity contribution in [3.8, 4) is 11.5 Å². The fourth-order valence-electron chi connectivity index (χ4n) is 4.21. The highest BCUT2D eigenvalue weighted by molar-refractivity contribution is 5.88. The van der Waals surface area contributed by atoms with E-state index >= 15 is 0 Å². The van der Waals surface area contributed by atoms with E-state index < -0.39 is 36.4 Å². The molecule has 1 aromatic heterocycles. The summed E-state index contributed by atoms with van der Waals surface area (Å²) in [4.78, 5) is 32.9. The molecule has 2 aliphatic heterocycles. The molecule has 13 heteroatoms. The van der Waals surface area contributed by atoms with Gasteiger partial charge in [0.15, 0.2) is 17.1 Å². The van der Waals surface area contributed by atoms with E-state index in [2.05, 4.69) is 29.1 Å². The van der Waals surface area contributed by atoms with E-state index in [1.54, 1.807) is 0 Å². The first kappa shape index (κ1) is 28.9. The number of nitrogens with zero attached hydrogens (tertiary/aromatic N) is 3. The van der Waals surface area contributed by atoms with Crippen LogP contribution in [0.1, 0.15) is 42.5 Å². The number of carboxylic acids is 3. The van der Waals surface area contributed by atoms with Crippen molar-refractivity contribution in [3.63, 3.8) is 0 Å². The lowest BCUT2D eigenvalue weighted by Crippen LogP contribution is -2.42. The summed E-state index contributed by atoms with van der Waals surface area (Å²) < 4.78 is 18.7. The standard InChI is InChI=1S/C19H25N3O3.C6H8O7/c1-14-16(9-20-21(14)2)11-22(12-17-4-3-7-23-17)10-15-5-6-18-19(8-15)25-13-24-18;7-3(8)1-6(13,5(11)12)2-4(9)10/h5-6,8-9,17H,3-4,7,10-13H2,1-2H3;13H,1-2H2,(H,7,8)(H,9,10)(H,11,12). The molecular weight excluding hydrogens is 502 g/mol. The Labute approximate surface area is 219 Å². The zero-order chi connectivity index (χ0) is 27.9. The number of carbonyl (C=O) groups is 3. The summed E-state index contributed by atoms with van der Waals surface area (Å²) in [6, 6.07) is 6.20. The van der Waals surface area contributed by atoms with Crippen LogP contribution < -0.4 is 9.47 Å². The fourth-order valence-corrected chi connectivity index (χ4v) is 4.21. The van der Waals surface area contributed by atoms with Gasteiger partial charge in [-0.05, 0) is 37.5 Å². The van der Waals surface area contributed by atoms with Crippen molar-refractivity contribution in [2.75, 3.05) is 19.9 Å². The number of ether oxygens (including phenoxy) is 3. The van der Waals surface area contributed by atoms with E-state index in [9.17, 15) is 14.4 Å². The summed E-state index contributed by atoms with van der Waals surface area (Å²) in [5.74, 6) is -3.35. The van der Waals surface area contributed by atoms with E-state index in [-0.39, 0.29) is 0 Å². The fraction of sp³-hybridized carbons (Fsp3) is 0.520. The van der Waals surface area contributed by atoms with Crippen LogP contribution in [0.25, 0.3) is 0 Å². The van der Waals surface area contributed by atoms with Crippen LogP contribution in [0, 0.1) is 6.92 Å². The SMILES string of the molecule is Cc1c(CN(Cc2ccc3c(c2)OCO3)CC2CCCO2)cnn1C.O=C(O)CC(O)(CC(=O)O)C(=O)O. The molecule has 208 valence electrons. The van der Waals surface area contributed by atoms with Gasteiger partial charge in [0, 0.05) is 44.5 Å². The number of aliphatic hydroxyl groups is 1. The molecular formula is C25H33N3O10. The minimum absolute atomic E-state index is 0.313. The number of aryl methyl sites for hydroxylation is 1. The summed E-state index contributed by atoms with van der Waals surface area (Å²) in [6.45, 7) is 5.97. The molecule has 1 unspecified atom stereocenters. The van der Waals surface area contributed by atoms with E-state index in [1.165, 1.54) is 16.8 Å². The Morgan fingerprint density at radius 2 is 1.79 bits per heavy atom. The van der Waals surface area contributed by atoms with Gasteiger partial charge >= 0.3 is 17.9 Å². The molecule has 1 fully saturated rings. The van der Waals surface area contributed by atoms with Crippen LogP contribution in [0.5, 0.6) is 11.5 Å². The average molecular weight is 536 g/mol. The molecule has 0 amide bonds. The third-order valence-corrected chi connectivity index (χ3v) is 6.35. The second kappa shape index (κ2) is 12.7. The summed E-state index contributed by atoms with van der Waals surface area (Å²) in [7, 11) is 1.99. The maximum absolute atomic E-state index is 10.3. The number of carboxylic acid groups (broad SMARTS) is 3. The summed E-state index contributed by atoms with van der Waals surface area (Å²) >= 11 is 0. The predicted octanol–water partition coefficient (Wildman–Crippen LogP) is 1.39. The number of fused-ring (bicyclic) bond motifs is 1. The van der Waals surface area contributed by atoms with Crippen molar-refractivity contribution >= 4 is 17.9 Å². The van der Waals surface area contributed by atoms with Crippen molar-refractivity contribution in [1.29, 1.82) is 0 Å². The topological polar surface area (TPSA) is 181 Å². The Hall–Kier alpha value is -3.68. The van der Waals surface area contributed by atoms with Crippen LogP contribution in [0.3, 0.4) is 0 Å². The van der Waals surface area contributed by atoms with Crippen LogP contribution in [0.15, 0.2) is 24.4 Å². The molecule has 2 aliphatic rings. The molecule has 1 saturated heterocycles. The Bertz CT molecular complexity index is 1130. The largest absolute Gasteiger partial charge is 0.481 e. The highest BCUT2D eigenvalue weighted by Crippen LogP contribution is 2.33. The number of rotatable bonds is 11. The molecule has 0 aliphatic carbocycles. The second-order valence-corrected chi connectivity index (χ2v) is 9.35. The maximum atomic E-state index is 10.3. The predicted molar refractivity (Wildman–Crippen MR) is 131 cm³/mol. The lowest BCUT2D eigenvalue weighted by molar-refractivity contribution is -0.170. The van der Waals surface area contributed by atoms with Gasteiger partial charge in [-0.1, -0.05) is 6.07 Å². The molecule has 0 spiro atoms. The van der Waals surface area contributed by atoms with Gasteiger partial charge in [0.25, 0.3) is 0 Å². The van der Waals surface area contributed by atoms with Crippen LogP contribution in [-0.2, 0) is 39.3 Å². The minimum atomic E-state index is -2.74. The van der Waals surface area contributed by atoms with Gasteiger partial charge in [-0.3, -0.25) is 19.2 Å². The molecule has 2 aromatic rings. The van der Waals surface area contributed by atoms with Crippen LogP contribution >= 0.6 is 0 Å². The molecule has 1 aromatic carbocycles. The molecule has 4 N–H and O–H groups in total. The average Bonchev–Trinajstić information content (AvgIpc) is 3.57. The Morgan fingerprint density at radius 1 is 1.11 bits per heavy atom. The Balaban J connectivity index is 0.000000263. The van der Waals surface area contributed by atoms with Gasteiger partial charge in [0.1, 0.15) is 0 Å². The molecule has 13 nitrogen and oxygen atoms in total. The third-order valence-electron chi connectivity index (χ3n) is 6.35. The lowest BCUT2D eigenvalue weighted by atomic mass is 9.96. The van der Waals surface area contributed by atoms with Crippen LogP contribution in [0.4, 0.5) is 0 Å². The van der Waals surface area contributed by atoms with Gasteiger partial charge in [-0.25, -0.2) is 4.79 Å². The van der Waals surface area contributed by atoms with Gasteiger partial charge in [-0.2, -0.15) is 5.10 Å². The highest BCUT2D eigenvalue weighted by Gasteiger charge is 2.40. The number of aromatic nitrogens is 2. The quantitative estimate of drug-likeness (QED) is 0.325. The summed E-state index contributed by atoms with van der Waals surface area (Å²) in [5, 5.41) is 38.2. The summed E-state index contributed by atoms with van der Waals surface area (Å²) in [6.07, 6.45) is 2.31. The normalized spacial score (nSPS) is 16.3. The lowest BCUT2D eigenvalue weighted by Gasteiger charge is -2.25. The molecule has 0 bridgehead atoms. The van der Waals surface area contributed by atoms with E-state index in [4.69, 9.17) is 34.6 Å². The monoisotopic (exact) mass is 535 g/mol. The Kier molecular flexibility index (Phi) is 9.66. The van der Waals surface area contributed by atoms with Crippen molar-refractivity contribution in [3.05, 3.63) is 41.2 Å². The minimum Gasteiger partial charge on any atom is -0.481 e. The zero-order valence-electron chi connectivity index (χ0n) is 21.3. The van der Waals surface area contributed by atoms with Gasteiger partial charge in [0.05, 0.1) is 25.1 Å². The van der Waals surface area contributed by atoms with Crippen molar-refractivity contribution in [1.82, 2.24) is 14.7 Å². The first-order valence-corrected chi connectivity index (χ1v) is 12.1. The first-order valence-electron chi connectivity index (χ1n) is 12.1. The van der Waals surface area contributed by atoms with Crippen LogP contribution in [-0.4, -0.2) is 84.7 Å². The number of hydrogen-bond acceptors (Lipinski definition) is 9. The molecule has 4 rings (SSSR count). The third kappa shape index (κ3) is 7.91. The molecule has 0 radical (unpaired) electrons. The zero-order valence-corrected chi connectivity index (χ0v) is 21.3. The molecule has 0 saturated carbocycles. The number of benzene rings is 1. The Morgan fingerprint density at radius 3 is 2.34 bits per heavy atom. The van der Waals surface area contributed by atoms with Gasteiger partial charge < -0.3 is 34.6 Å². The van der Waals surface area contributed by atoms with Crippen LogP contribution in [0.2, 0.25) is 0 Å². The van der Waals surface area contributed by atoms with Crippen molar-refractivity contribution in [2.45, 2.75) is 57.4 Å². The van der Waals surface area contributed by atoms with Gasteiger partial charge in [-0.15, -0.1) is 0 Å². The maximum Gasteiger partial charge on any atom is 0.336 e. The molecule has 1 atom stereocenters. The molecule has 3 heterocycles. The second-order valence-electron chi connectivity index (χ2n) is 9.35. The van der Waals surface area contributed by atoms with Crippen molar-refractivity contribution in [2.24, 2.45) is 7.05 Å². The molecule has 38 heavy (non-hydrogen) atoms. The van der Waals surface area contributed by atoms with E-state index in [1.807, 2.05) is 24.0 Å². The highest BCUT2D eigenvalue weighted by atomic mass is 16.7. The van der Waals surface area contributed by atoms with Gasteiger partial charge in [0.2, 0.25) is 6.79 Å². The first-order chi connectivity index (χ1) is 18.0. The van der Waals surface area contributed by atoms with E-state index in [0.29, 0.717) is 12.9 Å².